The van der Waals surface area contributed by atoms with E-state index in [0.29, 0.717) is 25.3 Å². The van der Waals surface area contributed by atoms with Crippen molar-refractivity contribution in [3.63, 3.8) is 0 Å². The van der Waals surface area contributed by atoms with E-state index < -0.39 is 0 Å². The van der Waals surface area contributed by atoms with E-state index in [2.05, 4.69) is 22.3 Å². The van der Waals surface area contributed by atoms with Crippen LogP contribution in [0.3, 0.4) is 0 Å². The lowest BCUT2D eigenvalue weighted by atomic mass is 9.97. The number of nitrogens with zero attached hydrogens (tertiary/aromatic N) is 2. The molecule has 0 spiro atoms. The van der Waals surface area contributed by atoms with E-state index in [0.717, 1.165) is 30.7 Å². The molecular formula is C21H27N3O3S. The summed E-state index contributed by atoms with van der Waals surface area (Å²) in [5.41, 5.74) is 1.95. The standard InChI is InChI=1S/C21H27N3O3S/c1-2-14-27-21(26)24-12-9-17(10-13-24)20-23-18(15-28-20)19(25)22-11-8-16-6-4-3-5-7-16/h1,6,15,17H,3-5,7-14H2,(H,22,25). The maximum atomic E-state index is 12.4. The van der Waals surface area contributed by atoms with E-state index in [1.807, 2.05) is 5.38 Å². The number of thiazole rings is 1. The molecular weight excluding hydrogens is 374 g/mol. The number of nitrogens with one attached hydrogen (secondary N) is 1. The molecule has 0 unspecified atom stereocenters. The molecule has 2 amide bonds. The van der Waals surface area contributed by atoms with Crippen LogP contribution < -0.4 is 5.32 Å². The maximum Gasteiger partial charge on any atom is 0.410 e. The van der Waals surface area contributed by atoms with Gasteiger partial charge >= 0.3 is 6.09 Å². The van der Waals surface area contributed by atoms with Crippen molar-refractivity contribution in [3.8, 4) is 12.3 Å². The van der Waals surface area contributed by atoms with Crippen LogP contribution in [0.5, 0.6) is 0 Å². The number of rotatable bonds is 6. The summed E-state index contributed by atoms with van der Waals surface area (Å²) in [7, 11) is 0. The number of aromatic nitrogens is 1. The van der Waals surface area contributed by atoms with Gasteiger partial charge in [0.2, 0.25) is 0 Å². The third kappa shape index (κ3) is 5.59. The number of piperidine rings is 1. The van der Waals surface area contributed by atoms with Crippen LogP contribution in [-0.4, -0.2) is 48.1 Å². The molecule has 28 heavy (non-hydrogen) atoms. The van der Waals surface area contributed by atoms with Gasteiger partial charge in [-0.3, -0.25) is 4.79 Å². The number of carbonyl (C=O) groups is 2. The van der Waals surface area contributed by atoms with E-state index in [-0.39, 0.29) is 24.5 Å². The lowest BCUT2D eigenvalue weighted by molar-refractivity contribution is 0.0949. The molecule has 1 aromatic heterocycles. The quantitative estimate of drug-likeness (QED) is 0.583. The normalized spacial score (nSPS) is 17.5. The largest absolute Gasteiger partial charge is 0.436 e. The Morgan fingerprint density at radius 2 is 2.18 bits per heavy atom. The van der Waals surface area contributed by atoms with Crippen molar-refractivity contribution in [1.82, 2.24) is 15.2 Å². The van der Waals surface area contributed by atoms with Gasteiger partial charge in [0.15, 0.2) is 6.61 Å². The third-order valence-electron chi connectivity index (χ3n) is 5.25. The van der Waals surface area contributed by atoms with Crippen molar-refractivity contribution in [3.05, 3.63) is 27.7 Å². The van der Waals surface area contributed by atoms with Gasteiger partial charge in [-0.2, -0.15) is 0 Å². The first-order valence-corrected chi connectivity index (χ1v) is 10.8. The molecule has 0 atom stereocenters. The molecule has 0 aromatic carbocycles. The minimum Gasteiger partial charge on any atom is -0.436 e. The Kier molecular flexibility index (Phi) is 7.49. The smallest absolute Gasteiger partial charge is 0.410 e. The molecule has 150 valence electrons. The maximum absolute atomic E-state index is 12.4. The first kappa shape index (κ1) is 20.4. The summed E-state index contributed by atoms with van der Waals surface area (Å²) >= 11 is 1.52. The molecule has 2 heterocycles. The SMILES string of the molecule is C#CCOC(=O)N1CCC(c2nc(C(=O)NCCC3=CCCCC3)cs2)CC1. The van der Waals surface area contributed by atoms with E-state index in [1.165, 1.54) is 36.2 Å². The minimum atomic E-state index is -0.358. The number of carbonyl (C=O) groups excluding carboxylic acids is 2. The third-order valence-corrected chi connectivity index (χ3v) is 6.26. The van der Waals surface area contributed by atoms with Crippen LogP contribution in [0.15, 0.2) is 17.0 Å². The van der Waals surface area contributed by atoms with Crippen LogP contribution in [0.2, 0.25) is 0 Å². The van der Waals surface area contributed by atoms with E-state index >= 15 is 0 Å². The molecule has 2 aliphatic rings. The van der Waals surface area contributed by atoms with Crippen molar-refractivity contribution in [2.24, 2.45) is 0 Å². The van der Waals surface area contributed by atoms with E-state index in [4.69, 9.17) is 11.2 Å². The van der Waals surface area contributed by atoms with E-state index in [1.54, 1.807) is 4.90 Å². The van der Waals surface area contributed by atoms with Gasteiger partial charge in [0.25, 0.3) is 5.91 Å². The summed E-state index contributed by atoms with van der Waals surface area (Å²) in [5, 5.41) is 5.78. The molecule has 1 fully saturated rings. The number of ether oxygens (including phenoxy) is 1. The predicted octanol–water partition coefficient (Wildman–Crippen LogP) is 3.71. The number of hydrogen-bond donors (Lipinski definition) is 1. The van der Waals surface area contributed by atoms with Gasteiger partial charge in [-0.1, -0.05) is 17.6 Å². The number of allylic oxidation sites excluding steroid dienone is 1. The number of hydrogen-bond acceptors (Lipinski definition) is 5. The highest BCUT2D eigenvalue weighted by Gasteiger charge is 2.27. The minimum absolute atomic E-state index is 0.000990. The molecule has 1 N–H and O–H groups in total. The summed E-state index contributed by atoms with van der Waals surface area (Å²) in [5.74, 6) is 2.47. The van der Waals surface area contributed by atoms with Crippen LogP contribution in [-0.2, 0) is 4.74 Å². The Labute approximate surface area is 170 Å². The zero-order valence-electron chi connectivity index (χ0n) is 16.1. The number of terminal acetylenes is 1. The first-order chi connectivity index (χ1) is 13.7. The summed E-state index contributed by atoms with van der Waals surface area (Å²) in [6, 6.07) is 0. The second-order valence-electron chi connectivity index (χ2n) is 7.21. The van der Waals surface area contributed by atoms with Crippen molar-refractivity contribution >= 4 is 23.3 Å². The molecule has 1 aliphatic heterocycles. The lowest BCUT2D eigenvalue weighted by Crippen LogP contribution is -2.38. The Balaban J connectivity index is 1.43. The second kappa shape index (κ2) is 10.3. The summed E-state index contributed by atoms with van der Waals surface area (Å²) in [4.78, 5) is 30.4. The van der Waals surface area contributed by atoms with Crippen molar-refractivity contribution in [1.29, 1.82) is 0 Å². The van der Waals surface area contributed by atoms with Crippen molar-refractivity contribution in [2.45, 2.75) is 50.9 Å². The predicted molar refractivity (Wildman–Crippen MR) is 109 cm³/mol. The van der Waals surface area contributed by atoms with Gasteiger partial charge in [0.05, 0.1) is 5.01 Å². The highest BCUT2D eigenvalue weighted by Crippen LogP contribution is 2.30. The average Bonchev–Trinajstić information content (AvgIpc) is 3.23. The first-order valence-electron chi connectivity index (χ1n) is 9.94. The van der Waals surface area contributed by atoms with Gasteiger partial charge in [0.1, 0.15) is 5.69 Å². The molecule has 0 saturated carbocycles. The van der Waals surface area contributed by atoms with Gasteiger partial charge in [-0.25, -0.2) is 9.78 Å². The van der Waals surface area contributed by atoms with Crippen LogP contribution in [0.1, 0.15) is 66.4 Å². The monoisotopic (exact) mass is 401 g/mol. The average molecular weight is 402 g/mol. The van der Waals surface area contributed by atoms with Gasteiger partial charge < -0.3 is 15.0 Å². The highest BCUT2D eigenvalue weighted by molar-refractivity contribution is 7.09. The fourth-order valence-electron chi connectivity index (χ4n) is 3.64. The van der Waals surface area contributed by atoms with Gasteiger partial charge in [-0.15, -0.1) is 17.8 Å². The molecule has 0 radical (unpaired) electrons. The lowest BCUT2D eigenvalue weighted by Gasteiger charge is -2.30. The van der Waals surface area contributed by atoms with Crippen molar-refractivity contribution in [2.75, 3.05) is 26.2 Å². The summed E-state index contributed by atoms with van der Waals surface area (Å²) in [6.07, 6.45) is 14.5. The van der Waals surface area contributed by atoms with Crippen LogP contribution in [0.25, 0.3) is 0 Å². The molecule has 1 aromatic rings. The van der Waals surface area contributed by atoms with E-state index in [9.17, 15) is 9.59 Å². The zero-order chi connectivity index (χ0) is 19.8. The van der Waals surface area contributed by atoms with Gasteiger partial charge in [0, 0.05) is 30.9 Å². The Morgan fingerprint density at radius 3 is 2.89 bits per heavy atom. The topological polar surface area (TPSA) is 71.5 Å². The molecule has 1 saturated heterocycles. The second-order valence-corrected chi connectivity index (χ2v) is 8.09. The van der Waals surface area contributed by atoms with Crippen molar-refractivity contribution < 1.29 is 14.3 Å². The fraction of sp³-hybridized carbons (Fsp3) is 0.571. The molecule has 1 aliphatic carbocycles. The van der Waals surface area contributed by atoms with Crippen LogP contribution in [0, 0.1) is 12.3 Å². The van der Waals surface area contributed by atoms with Crippen LogP contribution in [0.4, 0.5) is 4.79 Å². The van der Waals surface area contributed by atoms with Gasteiger partial charge in [-0.05, 0) is 44.9 Å². The summed E-state index contributed by atoms with van der Waals surface area (Å²) < 4.78 is 4.97. The Bertz CT molecular complexity index is 757. The molecule has 6 nitrogen and oxygen atoms in total. The molecule has 7 heteroatoms. The Morgan fingerprint density at radius 1 is 1.36 bits per heavy atom. The van der Waals surface area contributed by atoms with Crippen LogP contribution >= 0.6 is 11.3 Å². The fourth-order valence-corrected chi connectivity index (χ4v) is 4.61. The molecule has 3 rings (SSSR count). The molecule has 0 bridgehead atoms. The number of likely N-dealkylation sites (tertiary alicyclic amines) is 1. The zero-order valence-corrected chi connectivity index (χ0v) is 16.9. The Hall–Kier alpha value is -2.33. The number of amides is 2. The highest BCUT2D eigenvalue weighted by atomic mass is 32.1. The summed E-state index contributed by atoms with van der Waals surface area (Å²) in [6.45, 7) is 1.89.